The fraction of sp³-hybridized carbons (Fsp3) is 1.00. The van der Waals surface area contributed by atoms with Crippen LogP contribution in [0, 0.1) is 0 Å². The van der Waals surface area contributed by atoms with Gasteiger partial charge < -0.3 is 9.80 Å². The fourth-order valence-corrected chi connectivity index (χ4v) is 1.77. The van der Waals surface area contributed by atoms with Crippen LogP contribution in [0.3, 0.4) is 0 Å². The zero-order valence-corrected chi connectivity index (χ0v) is 10.6. The monoisotopic (exact) mass is 200 g/mol. The van der Waals surface area contributed by atoms with Crippen molar-refractivity contribution in [2.75, 3.05) is 39.3 Å². The van der Waals surface area contributed by atoms with Crippen molar-refractivity contribution in [3.8, 4) is 0 Å². The number of nitrogens with zero attached hydrogens (tertiary/aromatic N) is 2. The Morgan fingerprint density at radius 2 is 0.929 bits per heavy atom. The van der Waals surface area contributed by atoms with Gasteiger partial charge >= 0.3 is 0 Å². The molecule has 0 fully saturated rings. The van der Waals surface area contributed by atoms with Crippen LogP contribution in [0.5, 0.6) is 0 Å². The molecule has 0 atom stereocenters. The Bertz CT molecular complexity index is 101. The smallest absolute Gasteiger partial charge is 0.0109 e. The van der Waals surface area contributed by atoms with E-state index >= 15 is 0 Å². The number of hydrogen-bond acceptors (Lipinski definition) is 2. The van der Waals surface area contributed by atoms with E-state index < -0.39 is 0 Å². The van der Waals surface area contributed by atoms with Crippen molar-refractivity contribution in [3.05, 3.63) is 0 Å². The van der Waals surface area contributed by atoms with Gasteiger partial charge in [-0.3, -0.25) is 0 Å². The van der Waals surface area contributed by atoms with Crippen molar-refractivity contribution in [3.63, 3.8) is 0 Å². The van der Waals surface area contributed by atoms with Gasteiger partial charge in [0.2, 0.25) is 0 Å². The molecule has 0 aromatic rings. The van der Waals surface area contributed by atoms with E-state index in [4.69, 9.17) is 0 Å². The second-order valence-electron chi connectivity index (χ2n) is 3.87. The van der Waals surface area contributed by atoms with Gasteiger partial charge in [0, 0.05) is 13.1 Å². The van der Waals surface area contributed by atoms with Gasteiger partial charge in [0.15, 0.2) is 0 Å². The summed E-state index contributed by atoms with van der Waals surface area (Å²) in [6, 6.07) is 0. The van der Waals surface area contributed by atoms with Gasteiger partial charge in [0.25, 0.3) is 0 Å². The molecule has 2 nitrogen and oxygen atoms in total. The molecule has 0 amide bonds. The third-order valence-corrected chi connectivity index (χ3v) is 2.71. The molecule has 0 saturated carbocycles. The lowest BCUT2D eigenvalue weighted by atomic mass is 10.3. The van der Waals surface area contributed by atoms with Gasteiger partial charge in [-0.1, -0.05) is 27.7 Å². The minimum absolute atomic E-state index is 1.19. The van der Waals surface area contributed by atoms with Crippen LogP contribution >= 0.6 is 0 Å². The van der Waals surface area contributed by atoms with Crippen molar-refractivity contribution < 1.29 is 0 Å². The summed E-state index contributed by atoms with van der Waals surface area (Å²) in [6.07, 6.45) is 2.54. The van der Waals surface area contributed by atoms with Gasteiger partial charge in [-0.15, -0.1) is 0 Å². The third kappa shape index (κ3) is 6.39. The Kier molecular flexibility index (Phi) is 9.42. The third-order valence-electron chi connectivity index (χ3n) is 2.71. The highest BCUT2D eigenvalue weighted by atomic mass is 15.2. The molecule has 0 spiro atoms. The molecule has 0 heterocycles. The molecule has 0 bridgehead atoms. The van der Waals surface area contributed by atoms with Gasteiger partial charge in [0.1, 0.15) is 0 Å². The Balaban J connectivity index is 3.63. The zero-order valence-electron chi connectivity index (χ0n) is 10.6. The normalized spacial score (nSPS) is 11.6. The molecular formula is C12H28N2. The largest absolute Gasteiger partial charge is 0.302 e. The molecule has 0 aromatic heterocycles. The molecule has 0 rings (SSSR count). The second-order valence-corrected chi connectivity index (χ2v) is 3.87. The molecule has 2 heteroatoms. The van der Waals surface area contributed by atoms with Gasteiger partial charge in [-0.2, -0.15) is 0 Å². The first-order chi connectivity index (χ1) is 6.78. The highest BCUT2D eigenvalue weighted by Crippen LogP contribution is 1.95. The van der Waals surface area contributed by atoms with E-state index in [2.05, 4.69) is 37.5 Å². The molecule has 0 unspecified atom stereocenters. The summed E-state index contributed by atoms with van der Waals surface area (Å²) in [6.45, 7) is 16.4. The van der Waals surface area contributed by atoms with Gasteiger partial charge in [0.05, 0.1) is 0 Å². The van der Waals surface area contributed by atoms with Crippen LogP contribution in [0.2, 0.25) is 0 Å². The lowest BCUT2D eigenvalue weighted by Crippen LogP contribution is -2.35. The maximum atomic E-state index is 2.54. The highest BCUT2D eigenvalue weighted by Gasteiger charge is 2.04. The lowest BCUT2D eigenvalue weighted by molar-refractivity contribution is 0.215. The molecule has 86 valence electrons. The van der Waals surface area contributed by atoms with E-state index in [0.29, 0.717) is 0 Å². The van der Waals surface area contributed by atoms with Crippen LogP contribution in [0.25, 0.3) is 0 Å². The molecule has 0 aromatic carbocycles. The first-order valence-corrected chi connectivity index (χ1v) is 6.23. The highest BCUT2D eigenvalue weighted by molar-refractivity contribution is 4.60. The average Bonchev–Trinajstić information content (AvgIpc) is 2.22. The van der Waals surface area contributed by atoms with Crippen molar-refractivity contribution in [2.24, 2.45) is 0 Å². The van der Waals surface area contributed by atoms with Crippen molar-refractivity contribution in [1.82, 2.24) is 9.80 Å². The number of likely N-dealkylation sites (N-methyl/N-ethyl adjacent to an activating group) is 2. The van der Waals surface area contributed by atoms with Crippen LogP contribution < -0.4 is 0 Å². The standard InChI is InChI=1S/C12H28N2/c1-5-9-13(7-3)11-12-14(8-4)10-6-2/h5-12H2,1-4H3. The SMILES string of the molecule is CCCN(CC)CCN(CC)CCC. The number of rotatable bonds is 9. The molecule has 14 heavy (non-hydrogen) atoms. The first kappa shape index (κ1) is 13.9. The van der Waals surface area contributed by atoms with E-state index in [1.807, 2.05) is 0 Å². The van der Waals surface area contributed by atoms with E-state index in [1.165, 1.54) is 52.1 Å². The first-order valence-electron chi connectivity index (χ1n) is 6.23. The maximum Gasteiger partial charge on any atom is 0.0109 e. The predicted molar refractivity (Wildman–Crippen MR) is 64.8 cm³/mol. The number of hydrogen-bond donors (Lipinski definition) is 0. The van der Waals surface area contributed by atoms with Crippen LogP contribution in [-0.4, -0.2) is 49.1 Å². The van der Waals surface area contributed by atoms with E-state index in [0.717, 1.165) is 0 Å². The van der Waals surface area contributed by atoms with E-state index in [1.54, 1.807) is 0 Å². The summed E-state index contributed by atoms with van der Waals surface area (Å²) in [5.74, 6) is 0. The van der Waals surface area contributed by atoms with Gasteiger partial charge in [-0.25, -0.2) is 0 Å². The van der Waals surface area contributed by atoms with Crippen molar-refractivity contribution in [2.45, 2.75) is 40.5 Å². The molecule has 0 aliphatic heterocycles. The van der Waals surface area contributed by atoms with E-state index in [9.17, 15) is 0 Å². The lowest BCUT2D eigenvalue weighted by Gasteiger charge is -2.25. The van der Waals surface area contributed by atoms with Crippen LogP contribution in [0.4, 0.5) is 0 Å². The maximum absolute atomic E-state index is 2.54. The molecular weight excluding hydrogens is 172 g/mol. The summed E-state index contributed by atoms with van der Waals surface area (Å²) in [5.41, 5.74) is 0. The molecule has 0 radical (unpaired) electrons. The van der Waals surface area contributed by atoms with Crippen LogP contribution in [0.15, 0.2) is 0 Å². The summed E-state index contributed by atoms with van der Waals surface area (Å²) in [4.78, 5) is 5.08. The van der Waals surface area contributed by atoms with Crippen molar-refractivity contribution >= 4 is 0 Å². The summed E-state index contributed by atoms with van der Waals surface area (Å²) in [5, 5.41) is 0. The summed E-state index contributed by atoms with van der Waals surface area (Å²) >= 11 is 0. The topological polar surface area (TPSA) is 6.48 Å². The summed E-state index contributed by atoms with van der Waals surface area (Å²) in [7, 11) is 0. The van der Waals surface area contributed by atoms with E-state index in [-0.39, 0.29) is 0 Å². The fourth-order valence-electron chi connectivity index (χ4n) is 1.77. The zero-order chi connectivity index (χ0) is 10.8. The average molecular weight is 200 g/mol. The van der Waals surface area contributed by atoms with Crippen molar-refractivity contribution in [1.29, 1.82) is 0 Å². The molecule has 0 saturated heterocycles. The van der Waals surface area contributed by atoms with Gasteiger partial charge in [-0.05, 0) is 39.0 Å². The predicted octanol–water partition coefficient (Wildman–Crippen LogP) is 2.45. The van der Waals surface area contributed by atoms with Crippen LogP contribution in [0.1, 0.15) is 40.5 Å². The molecule has 0 aliphatic rings. The molecule has 0 aliphatic carbocycles. The quantitative estimate of drug-likeness (QED) is 0.564. The van der Waals surface area contributed by atoms with Crippen LogP contribution in [-0.2, 0) is 0 Å². The summed E-state index contributed by atoms with van der Waals surface area (Å²) < 4.78 is 0. The minimum Gasteiger partial charge on any atom is -0.302 e. The molecule has 0 N–H and O–H groups in total. The second kappa shape index (κ2) is 9.47. The Morgan fingerprint density at radius 3 is 1.14 bits per heavy atom. The minimum atomic E-state index is 1.19. The Hall–Kier alpha value is -0.0800. The Morgan fingerprint density at radius 1 is 0.571 bits per heavy atom. The Labute approximate surface area is 90.3 Å².